The molecule has 4 rings (SSSR count). The number of fused-ring (bicyclic) bond motifs is 1. The van der Waals surface area contributed by atoms with E-state index < -0.39 is 8.07 Å². The number of rotatable bonds is 9. The Hall–Kier alpha value is -2.49. The Morgan fingerprint density at radius 1 is 1.20 bits per heavy atom. The molecule has 1 aliphatic rings. The zero-order valence-corrected chi connectivity index (χ0v) is 19.0. The van der Waals surface area contributed by atoms with Crippen LogP contribution < -0.4 is 10.1 Å². The fourth-order valence-corrected chi connectivity index (χ4v) is 3.75. The number of ether oxygens (including phenoxy) is 3. The number of benzene rings is 1. The molecule has 0 amide bonds. The van der Waals surface area contributed by atoms with Crippen molar-refractivity contribution >= 4 is 30.6 Å². The molecular weight excluding hydrogens is 398 g/mol. The minimum Gasteiger partial charge on any atom is -0.483 e. The van der Waals surface area contributed by atoms with E-state index >= 15 is 0 Å². The van der Waals surface area contributed by atoms with Crippen LogP contribution in [0.15, 0.2) is 30.6 Å². The van der Waals surface area contributed by atoms with Gasteiger partial charge in [-0.25, -0.2) is 4.98 Å². The summed E-state index contributed by atoms with van der Waals surface area (Å²) in [7, 11) is -1.11. The van der Waals surface area contributed by atoms with Crippen molar-refractivity contribution in [1.29, 1.82) is 0 Å². The lowest BCUT2D eigenvalue weighted by Crippen LogP contribution is -2.38. The molecule has 0 aliphatic carbocycles. The highest BCUT2D eigenvalue weighted by Gasteiger charge is 2.22. The van der Waals surface area contributed by atoms with Gasteiger partial charge in [0.1, 0.15) is 18.6 Å². The normalized spacial score (nSPS) is 14.7. The molecule has 9 heteroatoms. The van der Waals surface area contributed by atoms with E-state index in [1.54, 1.807) is 0 Å². The fourth-order valence-electron chi connectivity index (χ4n) is 2.99. The smallest absolute Gasteiger partial charge is 0.153 e. The minimum absolute atomic E-state index is 0.0547. The zero-order chi connectivity index (χ0) is 21.1. The van der Waals surface area contributed by atoms with Crippen LogP contribution in [0, 0.1) is 6.92 Å². The maximum absolute atomic E-state index is 6.12. The van der Waals surface area contributed by atoms with E-state index in [1.165, 1.54) is 0 Å². The second-order valence-corrected chi connectivity index (χ2v) is 14.5. The Morgan fingerprint density at radius 2 is 2.03 bits per heavy atom. The van der Waals surface area contributed by atoms with Crippen molar-refractivity contribution in [2.24, 2.45) is 0 Å². The third kappa shape index (κ3) is 5.16. The number of hydrogen-bond donors (Lipinski definition) is 1. The largest absolute Gasteiger partial charge is 0.483 e. The van der Waals surface area contributed by atoms with Gasteiger partial charge in [-0.2, -0.15) is 5.10 Å². The summed E-state index contributed by atoms with van der Waals surface area (Å²) < 4.78 is 19.3. The molecular formula is C21H29N5O3Si. The molecule has 0 radical (unpaired) electrons. The van der Waals surface area contributed by atoms with Crippen LogP contribution in [0.25, 0.3) is 11.0 Å². The molecule has 0 spiro atoms. The highest BCUT2D eigenvalue weighted by molar-refractivity contribution is 6.76. The average Bonchev–Trinajstić information content (AvgIpc) is 3.04. The molecule has 3 heterocycles. The van der Waals surface area contributed by atoms with E-state index in [4.69, 9.17) is 14.2 Å². The number of aryl methyl sites for hydroxylation is 1. The molecule has 1 aliphatic heterocycles. The van der Waals surface area contributed by atoms with Gasteiger partial charge in [-0.15, -0.1) is 5.10 Å². The summed E-state index contributed by atoms with van der Waals surface area (Å²) in [6, 6.07) is 8.95. The molecule has 8 nitrogen and oxygen atoms in total. The van der Waals surface area contributed by atoms with Gasteiger partial charge in [0.15, 0.2) is 5.82 Å². The van der Waals surface area contributed by atoms with Crippen LogP contribution >= 0.6 is 0 Å². The SMILES string of the molecule is Cc1ccc(Nc2cc3c(cc2OC2COC2)ncn3COCC[Si](C)(C)C)nn1. The van der Waals surface area contributed by atoms with Crippen LogP contribution in [-0.2, 0) is 16.2 Å². The van der Waals surface area contributed by atoms with Gasteiger partial charge >= 0.3 is 0 Å². The van der Waals surface area contributed by atoms with Crippen molar-refractivity contribution in [1.82, 2.24) is 19.7 Å². The standard InChI is InChI=1S/C21H29N5O3Si/c1-15-5-6-21(25-24-15)23-18-9-19-17(10-20(18)29-16-11-28-12-16)22-13-26(19)14-27-7-8-30(2,3)4/h5-6,9-10,13,16H,7-8,11-12,14H2,1-4H3,(H,23,25). The molecule has 1 aromatic carbocycles. The first kappa shape index (κ1) is 20.8. The first-order valence-electron chi connectivity index (χ1n) is 10.3. The van der Waals surface area contributed by atoms with Crippen LogP contribution in [0.5, 0.6) is 5.75 Å². The van der Waals surface area contributed by atoms with Crippen molar-refractivity contribution in [3.8, 4) is 5.75 Å². The summed E-state index contributed by atoms with van der Waals surface area (Å²) in [5.74, 6) is 1.38. The van der Waals surface area contributed by atoms with Crippen LogP contribution in [0.1, 0.15) is 5.69 Å². The van der Waals surface area contributed by atoms with Crippen molar-refractivity contribution in [3.63, 3.8) is 0 Å². The summed E-state index contributed by atoms with van der Waals surface area (Å²) in [5.41, 5.74) is 3.52. The summed E-state index contributed by atoms with van der Waals surface area (Å²) >= 11 is 0. The van der Waals surface area contributed by atoms with E-state index in [0.717, 1.165) is 40.8 Å². The highest BCUT2D eigenvalue weighted by Crippen LogP contribution is 2.33. The molecule has 1 N–H and O–H groups in total. The van der Waals surface area contributed by atoms with Crippen molar-refractivity contribution in [2.75, 3.05) is 25.1 Å². The van der Waals surface area contributed by atoms with E-state index in [9.17, 15) is 0 Å². The summed E-state index contributed by atoms with van der Waals surface area (Å²) in [6.07, 6.45) is 1.87. The maximum atomic E-state index is 6.12. The van der Waals surface area contributed by atoms with Gasteiger partial charge in [0.2, 0.25) is 0 Å². The minimum atomic E-state index is -1.11. The number of anilines is 2. The van der Waals surface area contributed by atoms with E-state index in [1.807, 2.05) is 42.1 Å². The number of hydrogen-bond acceptors (Lipinski definition) is 7. The average molecular weight is 428 g/mol. The predicted octanol–water partition coefficient (Wildman–Crippen LogP) is 3.97. The van der Waals surface area contributed by atoms with Gasteiger partial charge in [-0.05, 0) is 31.2 Å². The molecule has 0 unspecified atom stereocenters. The van der Waals surface area contributed by atoms with Gasteiger partial charge in [0, 0.05) is 20.7 Å². The Bertz CT molecular complexity index is 996. The lowest BCUT2D eigenvalue weighted by molar-refractivity contribution is -0.0793. The van der Waals surface area contributed by atoms with Crippen molar-refractivity contribution in [3.05, 3.63) is 36.3 Å². The van der Waals surface area contributed by atoms with Gasteiger partial charge < -0.3 is 24.1 Å². The number of imidazole rings is 1. The first-order chi connectivity index (χ1) is 14.4. The fraction of sp³-hybridized carbons (Fsp3) is 0.476. The summed E-state index contributed by atoms with van der Waals surface area (Å²) in [4.78, 5) is 4.54. The molecule has 2 aromatic heterocycles. The molecule has 1 saturated heterocycles. The monoisotopic (exact) mass is 427 g/mol. The Balaban J connectivity index is 1.57. The Kier molecular flexibility index (Phi) is 6.03. The quantitative estimate of drug-likeness (QED) is 0.409. The van der Waals surface area contributed by atoms with E-state index in [-0.39, 0.29) is 6.10 Å². The summed E-state index contributed by atoms with van der Waals surface area (Å²) in [5, 5.41) is 11.7. The highest BCUT2D eigenvalue weighted by atomic mass is 28.3. The van der Waals surface area contributed by atoms with Gasteiger partial charge in [-0.1, -0.05) is 19.6 Å². The second-order valence-electron chi connectivity index (χ2n) is 8.86. The lowest BCUT2D eigenvalue weighted by Gasteiger charge is -2.27. The summed E-state index contributed by atoms with van der Waals surface area (Å²) in [6.45, 7) is 11.4. The molecule has 1 fully saturated rings. The number of nitrogens with zero attached hydrogens (tertiary/aromatic N) is 4. The van der Waals surface area contributed by atoms with Crippen LogP contribution in [0.4, 0.5) is 11.5 Å². The van der Waals surface area contributed by atoms with Gasteiger partial charge in [-0.3, -0.25) is 0 Å². The Labute approximate surface area is 177 Å². The molecule has 0 atom stereocenters. The van der Waals surface area contributed by atoms with Crippen LogP contribution in [0.3, 0.4) is 0 Å². The van der Waals surface area contributed by atoms with E-state index in [2.05, 4.69) is 40.1 Å². The second kappa shape index (κ2) is 8.71. The van der Waals surface area contributed by atoms with Crippen LogP contribution in [-0.4, -0.2) is 53.7 Å². The lowest BCUT2D eigenvalue weighted by atomic mass is 10.2. The third-order valence-corrected chi connectivity index (χ3v) is 6.62. The van der Waals surface area contributed by atoms with Gasteiger partial charge in [0.05, 0.1) is 42.0 Å². The molecule has 160 valence electrons. The van der Waals surface area contributed by atoms with Crippen LogP contribution in [0.2, 0.25) is 25.7 Å². The molecule has 3 aromatic rings. The first-order valence-corrected chi connectivity index (χ1v) is 14.0. The van der Waals surface area contributed by atoms with Crippen molar-refractivity contribution in [2.45, 2.75) is 45.4 Å². The van der Waals surface area contributed by atoms with Crippen molar-refractivity contribution < 1.29 is 14.2 Å². The third-order valence-electron chi connectivity index (χ3n) is 4.91. The predicted molar refractivity (Wildman–Crippen MR) is 119 cm³/mol. The zero-order valence-electron chi connectivity index (χ0n) is 18.0. The Morgan fingerprint density at radius 3 is 2.70 bits per heavy atom. The molecule has 0 saturated carbocycles. The molecule has 0 bridgehead atoms. The molecule has 30 heavy (non-hydrogen) atoms. The number of nitrogens with one attached hydrogen (secondary N) is 1. The van der Waals surface area contributed by atoms with Gasteiger partial charge in [0.25, 0.3) is 0 Å². The number of aromatic nitrogens is 4. The maximum Gasteiger partial charge on any atom is 0.153 e. The topological polar surface area (TPSA) is 83.3 Å². The van der Waals surface area contributed by atoms with E-state index in [0.29, 0.717) is 25.8 Å².